The van der Waals surface area contributed by atoms with E-state index in [2.05, 4.69) is 32.9 Å². The van der Waals surface area contributed by atoms with Crippen molar-refractivity contribution in [3.8, 4) is 0 Å². The van der Waals surface area contributed by atoms with Crippen LogP contribution in [0.2, 0.25) is 0 Å². The Bertz CT molecular complexity index is 283. The molecule has 0 aliphatic rings. The molecular weight excluding hydrogens is 206 g/mol. The van der Waals surface area contributed by atoms with Crippen molar-refractivity contribution in [3.05, 3.63) is 23.7 Å². The van der Waals surface area contributed by atoms with Gasteiger partial charge in [-0.05, 0) is 25.5 Å². The smallest absolute Gasteiger partial charge is 0.114 e. The molecule has 2 nitrogen and oxygen atoms in total. The topological polar surface area (TPSA) is 39.2 Å². The van der Waals surface area contributed by atoms with Gasteiger partial charge in [0.2, 0.25) is 0 Å². The van der Waals surface area contributed by atoms with E-state index in [-0.39, 0.29) is 6.04 Å². The van der Waals surface area contributed by atoms with Gasteiger partial charge in [0, 0.05) is 17.7 Å². The molecule has 1 aromatic heterocycles. The van der Waals surface area contributed by atoms with E-state index in [1.165, 1.54) is 0 Å². The van der Waals surface area contributed by atoms with Crippen LogP contribution in [0, 0.1) is 0 Å². The van der Waals surface area contributed by atoms with Crippen LogP contribution in [0.3, 0.4) is 0 Å². The molecule has 0 spiro atoms. The van der Waals surface area contributed by atoms with Crippen LogP contribution in [-0.2, 0) is 12.2 Å². The Kier molecular flexibility index (Phi) is 5.26. The first kappa shape index (κ1) is 12.7. The summed E-state index contributed by atoms with van der Waals surface area (Å²) in [7, 11) is 0. The van der Waals surface area contributed by atoms with Crippen LogP contribution in [0.4, 0.5) is 0 Å². The lowest BCUT2D eigenvalue weighted by molar-refractivity contribution is 0.485. The fourth-order valence-corrected chi connectivity index (χ4v) is 2.59. The summed E-state index contributed by atoms with van der Waals surface area (Å²) in [5.41, 5.74) is 5.89. The molecule has 0 aliphatic carbocycles. The number of hydrogen-bond donors (Lipinski definition) is 1. The molecule has 2 atom stereocenters. The maximum atomic E-state index is 5.89. The molecule has 0 aromatic carbocycles. The number of nitrogens with two attached hydrogens (primary N) is 1. The van der Waals surface area contributed by atoms with Crippen molar-refractivity contribution in [1.82, 2.24) is 0 Å². The van der Waals surface area contributed by atoms with E-state index in [1.54, 1.807) is 0 Å². The van der Waals surface area contributed by atoms with E-state index in [9.17, 15) is 0 Å². The van der Waals surface area contributed by atoms with E-state index >= 15 is 0 Å². The molecule has 0 aliphatic heterocycles. The van der Waals surface area contributed by atoms with Crippen molar-refractivity contribution in [3.63, 3.8) is 0 Å². The zero-order chi connectivity index (χ0) is 11.3. The van der Waals surface area contributed by atoms with Gasteiger partial charge in [0.15, 0.2) is 0 Å². The first-order valence-corrected chi connectivity index (χ1v) is 6.67. The lowest BCUT2D eigenvalue weighted by atomic mass is 10.2. The Balaban J connectivity index is 2.41. The fourth-order valence-electron chi connectivity index (χ4n) is 1.52. The van der Waals surface area contributed by atoms with Crippen molar-refractivity contribution >= 4 is 11.8 Å². The van der Waals surface area contributed by atoms with Gasteiger partial charge in [0.1, 0.15) is 11.5 Å². The second kappa shape index (κ2) is 6.23. The summed E-state index contributed by atoms with van der Waals surface area (Å²) in [6, 6.07) is 4.38. The van der Waals surface area contributed by atoms with Gasteiger partial charge in [-0.1, -0.05) is 13.8 Å². The monoisotopic (exact) mass is 227 g/mol. The maximum absolute atomic E-state index is 5.89. The van der Waals surface area contributed by atoms with Gasteiger partial charge in [-0.3, -0.25) is 0 Å². The highest BCUT2D eigenvalue weighted by molar-refractivity contribution is 7.99. The molecule has 1 rings (SSSR count). The number of thioether (sulfide) groups is 1. The van der Waals surface area contributed by atoms with Crippen LogP contribution in [0.15, 0.2) is 16.5 Å². The summed E-state index contributed by atoms with van der Waals surface area (Å²) in [6.07, 6.45) is 2.08. The predicted molar refractivity (Wildman–Crippen MR) is 67.1 cm³/mol. The molecule has 0 bridgehead atoms. The summed E-state index contributed by atoms with van der Waals surface area (Å²) < 4.78 is 5.65. The van der Waals surface area contributed by atoms with Crippen molar-refractivity contribution in [1.29, 1.82) is 0 Å². The van der Waals surface area contributed by atoms with Crippen molar-refractivity contribution < 1.29 is 4.42 Å². The first-order valence-electron chi connectivity index (χ1n) is 5.62. The van der Waals surface area contributed by atoms with Gasteiger partial charge in [0.25, 0.3) is 0 Å². The average Bonchev–Trinajstić information content (AvgIpc) is 2.66. The van der Waals surface area contributed by atoms with Crippen molar-refractivity contribution in [2.75, 3.05) is 0 Å². The van der Waals surface area contributed by atoms with Crippen molar-refractivity contribution in [2.24, 2.45) is 5.73 Å². The Morgan fingerprint density at radius 2 is 2.00 bits per heavy atom. The van der Waals surface area contributed by atoms with Crippen LogP contribution in [-0.4, -0.2) is 11.3 Å². The Morgan fingerprint density at radius 3 is 2.47 bits per heavy atom. The minimum absolute atomic E-state index is 0.251. The molecular formula is C12H21NOS. The van der Waals surface area contributed by atoms with Gasteiger partial charge in [0.05, 0.1) is 5.75 Å². The molecule has 0 amide bonds. The number of aryl methyl sites for hydroxylation is 1. The number of furan rings is 1. The van der Waals surface area contributed by atoms with Crippen LogP contribution < -0.4 is 5.73 Å². The molecule has 1 aromatic rings. The third-order valence-corrected chi connectivity index (χ3v) is 4.14. The van der Waals surface area contributed by atoms with Crippen molar-refractivity contribution in [2.45, 2.75) is 50.7 Å². The zero-order valence-electron chi connectivity index (χ0n) is 9.82. The van der Waals surface area contributed by atoms with Gasteiger partial charge in [-0.15, -0.1) is 11.8 Å². The quantitative estimate of drug-likeness (QED) is 0.811. The molecule has 86 valence electrons. The highest BCUT2D eigenvalue weighted by atomic mass is 32.2. The van der Waals surface area contributed by atoms with Gasteiger partial charge < -0.3 is 10.2 Å². The van der Waals surface area contributed by atoms with E-state index in [1.807, 2.05) is 11.8 Å². The highest BCUT2D eigenvalue weighted by Crippen LogP contribution is 2.23. The van der Waals surface area contributed by atoms with Crippen LogP contribution in [0.25, 0.3) is 0 Å². The van der Waals surface area contributed by atoms with E-state index in [0.717, 1.165) is 30.1 Å². The number of hydrogen-bond acceptors (Lipinski definition) is 3. The number of rotatable bonds is 6. The molecule has 0 saturated heterocycles. The highest BCUT2D eigenvalue weighted by Gasteiger charge is 2.12. The first-order chi connectivity index (χ1) is 7.17. The van der Waals surface area contributed by atoms with E-state index in [4.69, 9.17) is 10.2 Å². The van der Waals surface area contributed by atoms with E-state index < -0.39 is 0 Å². The SMILES string of the molecule is CCc1ccc(CSC(CC)C(C)N)o1. The fraction of sp³-hybridized carbons (Fsp3) is 0.667. The molecule has 0 saturated carbocycles. The summed E-state index contributed by atoms with van der Waals surface area (Å²) >= 11 is 1.89. The predicted octanol–water partition coefficient (Wildman–Crippen LogP) is 3.20. The van der Waals surface area contributed by atoms with Gasteiger partial charge in [-0.2, -0.15) is 0 Å². The Labute approximate surface area is 96.6 Å². The maximum Gasteiger partial charge on any atom is 0.114 e. The van der Waals surface area contributed by atoms with Crippen LogP contribution >= 0.6 is 11.8 Å². The summed E-state index contributed by atoms with van der Waals surface area (Å²) in [5.74, 6) is 3.07. The Morgan fingerprint density at radius 1 is 1.33 bits per heavy atom. The molecule has 1 heterocycles. The second-order valence-electron chi connectivity index (χ2n) is 3.84. The molecule has 3 heteroatoms. The standard InChI is InChI=1S/C12H21NOS/c1-4-10-6-7-11(14-10)8-15-12(5-2)9(3)13/h6-7,9,12H,4-5,8,13H2,1-3H3. The lowest BCUT2D eigenvalue weighted by Gasteiger charge is -2.17. The third-order valence-electron chi connectivity index (χ3n) is 2.49. The zero-order valence-corrected chi connectivity index (χ0v) is 10.6. The largest absolute Gasteiger partial charge is 0.465 e. The summed E-state index contributed by atoms with van der Waals surface area (Å²) in [6.45, 7) is 6.36. The molecule has 0 radical (unpaired) electrons. The Hall–Kier alpha value is -0.410. The summed E-state index contributed by atoms with van der Waals surface area (Å²) in [5, 5.41) is 0.528. The molecule has 2 N–H and O–H groups in total. The average molecular weight is 227 g/mol. The minimum atomic E-state index is 0.251. The third kappa shape index (κ3) is 3.92. The van der Waals surface area contributed by atoms with Gasteiger partial charge in [-0.25, -0.2) is 0 Å². The second-order valence-corrected chi connectivity index (χ2v) is 5.07. The molecule has 15 heavy (non-hydrogen) atoms. The van der Waals surface area contributed by atoms with Crippen LogP contribution in [0.1, 0.15) is 38.7 Å². The van der Waals surface area contributed by atoms with Crippen LogP contribution in [0.5, 0.6) is 0 Å². The van der Waals surface area contributed by atoms with E-state index in [0.29, 0.717) is 5.25 Å². The van der Waals surface area contributed by atoms with Gasteiger partial charge >= 0.3 is 0 Å². The molecule has 2 unspecified atom stereocenters. The minimum Gasteiger partial charge on any atom is -0.465 e. The summed E-state index contributed by atoms with van der Waals surface area (Å²) in [4.78, 5) is 0. The molecule has 0 fully saturated rings. The normalized spacial score (nSPS) is 15.2. The lowest BCUT2D eigenvalue weighted by Crippen LogP contribution is -2.28.